The van der Waals surface area contributed by atoms with Crippen molar-refractivity contribution in [1.29, 1.82) is 0 Å². The van der Waals surface area contributed by atoms with Gasteiger partial charge in [0, 0.05) is 44.5 Å². The summed E-state index contributed by atoms with van der Waals surface area (Å²) in [5, 5.41) is 14.1. The fraction of sp³-hybridized carbons (Fsp3) is 0.586. The van der Waals surface area contributed by atoms with Crippen molar-refractivity contribution in [3.05, 3.63) is 53.9 Å². The minimum absolute atomic E-state index is 0.0553. The molecule has 0 aromatic carbocycles. The van der Waals surface area contributed by atoms with E-state index >= 15 is 0 Å². The standard InChI is InChI=1S/C29H35F5N8O2/c1-3-5-6-20-21(14-18-13-19(29(32,33)34)15-35-25(18)43)40-42-16-22(38-27(42)37-20)24(17-7-10-28(30,31)11-8-17)39-26(44)23-9-12-36-41(23)4-2/h3,9,12,16-19,24H,1,4-8,10-11,13-15H2,2H3,(H,35,43)(H,39,44)/t18-,19-,24+/m1/s1. The van der Waals surface area contributed by atoms with Gasteiger partial charge in [-0.2, -0.15) is 23.4 Å². The van der Waals surface area contributed by atoms with Crippen molar-refractivity contribution < 1.29 is 31.5 Å². The monoisotopic (exact) mass is 622 g/mol. The van der Waals surface area contributed by atoms with E-state index in [9.17, 15) is 31.5 Å². The van der Waals surface area contributed by atoms with Crippen LogP contribution in [0.4, 0.5) is 22.0 Å². The summed E-state index contributed by atoms with van der Waals surface area (Å²) < 4.78 is 71.4. The zero-order valence-corrected chi connectivity index (χ0v) is 24.3. The molecule has 15 heteroatoms. The number of halogens is 5. The first-order valence-corrected chi connectivity index (χ1v) is 14.8. The number of alkyl halides is 5. The highest BCUT2D eigenvalue weighted by Crippen LogP contribution is 2.41. The normalized spacial score (nSPS) is 21.6. The van der Waals surface area contributed by atoms with Crippen LogP contribution in [-0.2, 0) is 24.2 Å². The maximum atomic E-state index is 14.1. The van der Waals surface area contributed by atoms with E-state index in [0.29, 0.717) is 42.2 Å². The van der Waals surface area contributed by atoms with Gasteiger partial charge in [-0.05, 0) is 51.0 Å². The van der Waals surface area contributed by atoms with E-state index in [1.165, 1.54) is 15.4 Å². The highest BCUT2D eigenvalue weighted by atomic mass is 19.4. The molecule has 2 fully saturated rings. The molecule has 2 aliphatic rings. The molecule has 0 bridgehead atoms. The average Bonchev–Trinajstić information content (AvgIpc) is 3.62. The lowest BCUT2D eigenvalue weighted by Gasteiger charge is -2.33. The van der Waals surface area contributed by atoms with Gasteiger partial charge in [0.2, 0.25) is 11.8 Å². The van der Waals surface area contributed by atoms with E-state index < -0.39 is 48.3 Å². The van der Waals surface area contributed by atoms with Crippen LogP contribution in [0.15, 0.2) is 31.1 Å². The molecule has 1 aliphatic heterocycles. The number of allylic oxidation sites excluding steroid dienone is 1. The fourth-order valence-electron chi connectivity index (χ4n) is 6.03. The molecule has 0 unspecified atom stereocenters. The van der Waals surface area contributed by atoms with Crippen LogP contribution < -0.4 is 10.6 Å². The zero-order valence-electron chi connectivity index (χ0n) is 24.3. The van der Waals surface area contributed by atoms with Gasteiger partial charge >= 0.3 is 6.18 Å². The average molecular weight is 623 g/mol. The Bertz CT molecular complexity index is 1510. The Morgan fingerprint density at radius 1 is 1.25 bits per heavy atom. The van der Waals surface area contributed by atoms with Gasteiger partial charge in [0.25, 0.3) is 11.7 Å². The Hall–Kier alpha value is -3.91. The molecular weight excluding hydrogens is 587 g/mol. The van der Waals surface area contributed by atoms with Crippen LogP contribution in [0.3, 0.4) is 0 Å². The second kappa shape index (κ2) is 12.6. The lowest BCUT2D eigenvalue weighted by Crippen LogP contribution is -2.47. The Morgan fingerprint density at radius 2 is 2.00 bits per heavy atom. The number of nitrogens with one attached hydrogen (secondary N) is 2. The number of piperidine rings is 1. The quantitative estimate of drug-likeness (QED) is 0.252. The number of aromatic nitrogens is 6. The fourth-order valence-corrected chi connectivity index (χ4v) is 6.03. The molecule has 3 aromatic heterocycles. The molecule has 238 valence electrons. The number of aryl methyl sites for hydroxylation is 2. The Morgan fingerprint density at radius 3 is 2.68 bits per heavy atom. The van der Waals surface area contributed by atoms with E-state index in [-0.39, 0.29) is 50.2 Å². The molecule has 2 amide bonds. The van der Waals surface area contributed by atoms with Gasteiger partial charge in [0.05, 0.1) is 35.2 Å². The van der Waals surface area contributed by atoms with Gasteiger partial charge in [0.1, 0.15) is 5.69 Å². The van der Waals surface area contributed by atoms with Gasteiger partial charge in [-0.25, -0.2) is 23.3 Å². The van der Waals surface area contributed by atoms with Crippen LogP contribution in [0.1, 0.15) is 79.1 Å². The number of nitrogens with zero attached hydrogens (tertiary/aromatic N) is 6. The van der Waals surface area contributed by atoms with Crippen molar-refractivity contribution >= 4 is 17.6 Å². The second-order valence-electron chi connectivity index (χ2n) is 11.5. The number of amides is 2. The number of hydrogen-bond donors (Lipinski definition) is 2. The first-order valence-electron chi connectivity index (χ1n) is 14.8. The first-order chi connectivity index (χ1) is 20.9. The predicted molar refractivity (Wildman–Crippen MR) is 149 cm³/mol. The Labute approximate surface area is 250 Å². The van der Waals surface area contributed by atoms with Crippen LogP contribution in [-0.4, -0.2) is 59.8 Å². The van der Waals surface area contributed by atoms with Crippen molar-refractivity contribution in [3.63, 3.8) is 0 Å². The van der Waals surface area contributed by atoms with E-state index in [2.05, 4.69) is 37.4 Å². The molecule has 1 saturated carbocycles. The summed E-state index contributed by atoms with van der Waals surface area (Å²) in [5.41, 5.74) is 1.52. The summed E-state index contributed by atoms with van der Waals surface area (Å²) in [7, 11) is 0. The van der Waals surface area contributed by atoms with Crippen LogP contribution in [0, 0.1) is 17.8 Å². The van der Waals surface area contributed by atoms with Crippen LogP contribution >= 0.6 is 0 Å². The minimum Gasteiger partial charge on any atom is -0.355 e. The molecule has 44 heavy (non-hydrogen) atoms. The van der Waals surface area contributed by atoms with Gasteiger partial charge in [0.15, 0.2) is 0 Å². The molecule has 10 nitrogen and oxygen atoms in total. The first kappa shape index (κ1) is 31.5. The van der Waals surface area contributed by atoms with E-state index in [1.807, 2.05) is 6.92 Å². The molecule has 0 radical (unpaired) electrons. The largest absolute Gasteiger partial charge is 0.393 e. The predicted octanol–water partition coefficient (Wildman–Crippen LogP) is 4.61. The van der Waals surface area contributed by atoms with Crippen molar-refractivity contribution in [3.8, 4) is 0 Å². The molecule has 1 aliphatic carbocycles. The maximum absolute atomic E-state index is 14.1. The van der Waals surface area contributed by atoms with Crippen molar-refractivity contribution in [2.24, 2.45) is 17.8 Å². The summed E-state index contributed by atoms with van der Waals surface area (Å²) in [6, 6.07) is 0.833. The summed E-state index contributed by atoms with van der Waals surface area (Å²) >= 11 is 0. The molecule has 5 rings (SSSR count). The third kappa shape index (κ3) is 6.91. The number of imidazole rings is 1. The molecule has 4 heterocycles. The van der Waals surface area contributed by atoms with Crippen LogP contribution in [0.25, 0.3) is 5.78 Å². The van der Waals surface area contributed by atoms with Gasteiger partial charge in [-0.3, -0.25) is 14.3 Å². The van der Waals surface area contributed by atoms with Crippen molar-refractivity contribution in [1.82, 2.24) is 40.0 Å². The zero-order chi connectivity index (χ0) is 31.6. The molecular formula is C29H35F5N8O2. The van der Waals surface area contributed by atoms with Gasteiger partial charge in [-0.1, -0.05) is 6.08 Å². The molecule has 2 N–H and O–H groups in total. The lowest BCUT2D eigenvalue weighted by atomic mass is 9.81. The highest BCUT2D eigenvalue weighted by Gasteiger charge is 2.45. The van der Waals surface area contributed by atoms with E-state index in [0.717, 1.165) is 0 Å². The SMILES string of the molecule is C=CCCc1nc2nc([C@@H](NC(=O)c3ccnn3CC)C3CCC(F)(F)CC3)cn2nc1C[C@H]1C[C@@H](C(F)(F)F)CNC1=O. The second-order valence-corrected chi connectivity index (χ2v) is 11.5. The number of hydrogen-bond acceptors (Lipinski definition) is 6. The third-order valence-electron chi connectivity index (χ3n) is 8.52. The summed E-state index contributed by atoms with van der Waals surface area (Å²) in [5.74, 6) is -6.45. The highest BCUT2D eigenvalue weighted by molar-refractivity contribution is 5.92. The minimum atomic E-state index is -4.44. The number of carbonyl (C=O) groups is 2. The Kier molecular flexibility index (Phi) is 9.02. The van der Waals surface area contributed by atoms with Crippen LogP contribution in [0.5, 0.6) is 0 Å². The number of rotatable bonds is 10. The van der Waals surface area contributed by atoms with Gasteiger partial charge in [-0.15, -0.1) is 6.58 Å². The van der Waals surface area contributed by atoms with E-state index in [1.54, 1.807) is 18.3 Å². The van der Waals surface area contributed by atoms with Crippen LogP contribution in [0.2, 0.25) is 0 Å². The molecule has 3 aromatic rings. The maximum Gasteiger partial charge on any atom is 0.393 e. The topological polar surface area (TPSA) is 119 Å². The van der Waals surface area contributed by atoms with Crippen molar-refractivity contribution in [2.45, 2.75) is 83.0 Å². The number of fused-ring (bicyclic) bond motifs is 1. The summed E-state index contributed by atoms with van der Waals surface area (Å²) in [6.45, 7) is 5.56. The molecule has 1 saturated heterocycles. The summed E-state index contributed by atoms with van der Waals surface area (Å²) in [6.07, 6.45) is 0.432. The third-order valence-corrected chi connectivity index (χ3v) is 8.52. The number of carbonyl (C=O) groups excluding carboxylic acids is 2. The molecule has 3 atom stereocenters. The van der Waals surface area contributed by atoms with Gasteiger partial charge < -0.3 is 10.6 Å². The lowest BCUT2D eigenvalue weighted by molar-refractivity contribution is -0.183. The Balaban J connectivity index is 1.48. The van der Waals surface area contributed by atoms with E-state index in [4.69, 9.17) is 0 Å². The summed E-state index contributed by atoms with van der Waals surface area (Å²) in [4.78, 5) is 35.1. The molecule has 0 spiro atoms. The van der Waals surface area contributed by atoms with Crippen molar-refractivity contribution in [2.75, 3.05) is 6.54 Å². The smallest absolute Gasteiger partial charge is 0.355 e.